The van der Waals surface area contributed by atoms with Gasteiger partial charge in [0.2, 0.25) is 0 Å². The zero-order chi connectivity index (χ0) is 12.3. The van der Waals surface area contributed by atoms with Crippen molar-refractivity contribution in [2.75, 3.05) is 0 Å². The summed E-state index contributed by atoms with van der Waals surface area (Å²) in [6.45, 7) is 1.84. The number of rotatable bonds is 4. The van der Waals surface area contributed by atoms with Crippen LogP contribution in [0.5, 0.6) is 5.75 Å². The maximum Gasteiger partial charge on any atom is 0.126 e. The van der Waals surface area contributed by atoms with Crippen LogP contribution in [0.25, 0.3) is 0 Å². The molecule has 2 aromatic rings. The Hall–Kier alpha value is -1.03. The Morgan fingerprint density at radius 1 is 1.35 bits per heavy atom. The first kappa shape index (κ1) is 12.4. The van der Waals surface area contributed by atoms with Gasteiger partial charge in [0.25, 0.3) is 0 Å². The minimum Gasteiger partial charge on any atom is -0.488 e. The minimum atomic E-state index is -0.625. The molecule has 0 radical (unpaired) electrons. The molecule has 0 aliphatic carbocycles. The molecule has 1 aromatic heterocycles. The second-order valence-electron chi connectivity index (χ2n) is 3.78. The maximum absolute atomic E-state index is 10.1. The molecular formula is C13H13ClO2S. The molecule has 0 fully saturated rings. The van der Waals surface area contributed by atoms with E-state index < -0.39 is 6.10 Å². The van der Waals surface area contributed by atoms with Gasteiger partial charge >= 0.3 is 0 Å². The van der Waals surface area contributed by atoms with Crippen LogP contribution in [0.4, 0.5) is 0 Å². The zero-order valence-corrected chi connectivity index (χ0v) is 10.9. The number of thiophene rings is 1. The van der Waals surface area contributed by atoms with E-state index in [2.05, 4.69) is 0 Å². The lowest BCUT2D eigenvalue weighted by Crippen LogP contribution is -2.21. The molecule has 2 unspecified atom stereocenters. The number of hydrogen-bond acceptors (Lipinski definition) is 3. The second-order valence-corrected chi connectivity index (χ2v) is 5.00. The Bertz CT molecular complexity index is 470. The van der Waals surface area contributed by atoms with Gasteiger partial charge in [-0.25, -0.2) is 0 Å². The summed E-state index contributed by atoms with van der Waals surface area (Å²) in [7, 11) is 0. The van der Waals surface area contributed by atoms with E-state index in [9.17, 15) is 5.11 Å². The second kappa shape index (κ2) is 5.54. The van der Waals surface area contributed by atoms with E-state index >= 15 is 0 Å². The molecule has 0 bridgehead atoms. The molecule has 1 aromatic carbocycles. The third-order valence-electron chi connectivity index (χ3n) is 2.45. The monoisotopic (exact) mass is 268 g/mol. The first-order valence-electron chi connectivity index (χ1n) is 5.29. The molecule has 0 aliphatic rings. The van der Waals surface area contributed by atoms with Crippen molar-refractivity contribution in [3.05, 3.63) is 51.7 Å². The van der Waals surface area contributed by atoms with Gasteiger partial charge in [-0.15, -0.1) is 0 Å². The molecule has 90 valence electrons. The first-order valence-corrected chi connectivity index (χ1v) is 6.61. The molecular weight excluding hydrogens is 256 g/mol. The molecule has 17 heavy (non-hydrogen) atoms. The highest BCUT2D eigenvalue weighted by Crippen LogP contribution is 2.24. The predicted molar refractivity (Wildman–Crippen MR) is 70.8 cm³/mol. The summed E-state index contributed by atoms with van der Waals surface area (Å²) in [5.41, 5.74) is 0.879. The highest BCUT2D eigenvalue weighted by atomic mass is 35.5. The van der Waals surface area contributed by atoms with E-state index in [4.69, 9.17) is 16.3 Å². The smallest absolute Gasteiger partial charge is 0.126 e. The van der Waals surface area contributed by atoms with Gasteiger partial charge in [-0.2, -0.15) is 11.3 Å². The molecule has 0 saturated carbocycles. The number of aliphatic hydroxyl groups is 1. The van der Waals surface area contributed by atoms with Crippen molar-refractivity contribution in [2.45, 2.75) is 19.1 Å². The topological polar surface area (TPSA) is 29.5 Å². The summed E-state index contributed by atoms with van der Waals surface area (Å²) in [6.07, 6.45) is -0.941. The highest BCUT2D eigenvalue weighted by Gasteiger charge is 2.18. The van der Waals surface area contributed by atoms with Crippen LogP contribution in [0.3, 0.4) is 0 Å². The lowest BCUT2D eigenvalue weighted by molar-refractivity contribution is 0.0470. The summed E-state index contributed by atoms with van der Waals surface area (Å²) in [5, 5.41) is 14.5. The van der Waals surface area contributed by atoms with Crippen LogP contribution in [0.15, 0.2) is 41.1 Å². The van der Waals surface area contributed by atoms with Gasteiger partial charge in [-0.05, 0) is 47.5 Å². The fourth-order valence-corrected chi connectivity index (χ4v) is 2.40. The highest BCUT2D eigenvalue weighted by molar-refractivity contribution is 7.07. The largest absolute Gasteiger partial charge is 0.488 e. The van der Waals surface area contributed by atoms with E-state index in [0.717, 1.165) is 5.56 Å². The van der Waals surface area contributed by atoms with Gasteiger partial charge < -0.3 is 9.84 Å². The Morgan fingerprint density at radius 2 is 2.18 bits per heavy atom. The van der Waals surface area contributed by atoms with E-state index in [-0.39, 0.29) is 6.10 Å². The summed E-state index contributed by atoms with van der Waals surface area (Å²) >= 11 is 7.42. The van der Waals surface area contributed by atoms with Crippen LogP contribution in [-0.4, -0.2) is 11.2 Å². The zero-order valence-electron chi connectivity index (χ0n) is 9.34. The Balaban J connectivity index is 2.04. The van der Waals surface area contributed by atoms with Crippen LogP contribution >= 0.6 is 22.9 Å². The van der Waals surface area contributed by atoms with E-state index in [1.54, 1.807) is 23.5 Å². The molecule has 0 saturated heterocycles. The fraction of sp³-hybridized carbons (Fsp3) is 0.231. The number of benzene rings is 1. The summed E-state index contributed by atoms with van der Waals surface area (Å²) < 4.78 is 5.65. The number of ether oxygens (including phenoxy) is 1. The average molecular weight is 269 g/mol. The van der Waals surface area contributed by atoms with Gasteiger partial charge in [0, 0.05) is 5.02 Å². The fourth-order valence-electron chi connectivity index (χ4n) is 1.53. The van der Waals surface area contributed by atoms with E-state index in [1.807, 2.05) is 35.9 Å². The standard InChI is InChI=1S/C13H13ClO2S/c1-9(13(15)10-5-6-17-8-10)16-12-4-2-3-11(14)7-12/h2-9,13,15H,1H3. The minimum absolute atomic E-state index is 0.317. The van der Waals surface area contributed by atoms with Crippen LogP contribution in [0.1, 0.15) is 18.6 Å². The molecule has 1 heterocycles. The molecule has 0 spiro atoms. The van der Waals surface area contributed by atoms with Crippen molar-refractivity contribution in [1.29, 1.82) is 0 Å². The molecule has 2 rings (SSSR count). The Labute approximate surface area is 109 Å². The molecule has 0 amide bonds. The van der Waals surface area contributed by atoms with E-state index in [0.29, 0.717) is 10.8 Å². The molecule has 2 atom stereocenters. The van der Waals surface area contributed by atoms with Gasteiger partial charge in [-0.3, -0.25) is 0 Å². The van der Waals surface area contributed by atoms with Crippen LogP contribution in [-0.2, 0) is 0 Å². The normalized spacial score (nSPS) is 14.3. The van der Waals surface area contributed by atoms with Gasteiger partial charge in [-0.1, -0.05) is 17.7 Å². The lowest BCUT2D eigenvalue weighted by atomic mass is 10.1. The quantitative estimate of drug-likeness (QED) is 0.911. The molecule has 1 N–H and O–H groups in total. The van der Waals surface area contributed by atoms with Crippen molar-refractivity contribution >= 4 is 22.9 Å². The SMILES string of the molecule is CC(Oc1cccc(Cl)c1)C(O)c1ccsc1. The van der Waals surface area contributed by atoms with Crippen molar-refractivity contribution < 1.29 is 9.84 Å². The summed E-state index contributed by atoms with van der Waals surface area (Å²) in [5.74, 6) is 0.666. The van der Waals surface area contributed by atoms with Crippen molar-refractivity contribution in [3.63, 3.8) is 0 Å². The van der Waals surface area contributed by atoms with Crippen molar-refractivity contribution in [2.24, 2.45) is 0 Å². The summed E-state index contributed by atoms with van der Waals surface area (Å²) in [4.78, 5) is 0. The van der Waals surface area contributed by atoms with Crippen molar-refractivity contribution in [1.82, 2.24) is 0 Å². The lowest BCUT2D eigenvalue weighted by Gasteiger charge is -2.20. The van der Waals surface area contributed by atoms with Gasteiger partial charge in [0.05, 0.1) is 0 Å². The van der Waals surface area contributed by atoms with Gasteiger partial charge in [0.1, 0.15) is 18.0 Å². The summed E-state index contributed by atoms with van der Waals surface area (Å²) in [6, 6.07) is 9.06. The van der Waals surface area contributed by atoms with Crippen LogP contribution < -0.4 is 4.74 Å². The first-order chi connectivity index (χ1) is 8.16. The number of halogens is 1. The average Bonchev–Trinajstić information content (AvgIpc) is 2.81. The molecule has 0 aliphatic heterocycles. The third-order valence-corrected chi connectivity index (χ3v) is 3.38. The van der Waals surface area contributed by atoms with Crippen LogP contribution in [0, 0.1) is 0 Å². The Morgan fingerprint density at radius 3 is 2.82 bits per heavy atom. The molecule has 2 nitrogen and oxygen atoms in total. The molecule has 4 heteroatoms. The number of hydrogen-bond donors (Lipinski definition) is 1. The van der Waals surface area contributed by atoms with Gasteiger partial charge in [0.15, 0.2) is 0 Å². The maximum atomic E-state index is 10.1. The van der Waals surface area contributed by atoms with Crippen LogP contribution in [0.2, 0.25) is 5.02 Å². The Kier molecular flexibility index (Phi) is 4.05. The predicted octanol–water partition coefficient (Wildman–Crippen LogP) is 3.90. The third kappa shape index (κ3) is 3.22. The van der Waals surface area contributed by atoms with Crippen molar-refractivity contribution in [3.8, 4) is 5.75 Å². The number of aliphatic hydroxyl groups excluding tert-OH is 1. The van der Waals surface area contributed by atoms with E-state index in [1.165, 1.54) is 0 Å².